The van der Waals surface area contributed by atoms with Gasteiger partial charge in [-0.15, -0.1) is 0 Å². The van der Waals surface area contributed by atoms with Crippen molar-refractivity contribution in [3.05, 3.63) is 12.2 Å². The first kappa shape index (κ1) is 26.0. The van der Waals surface area contributed by atoms with Gasteiger partial charge in [0.05, 0.1) is 7.11 Å². The van der Waals surface area contributed by atoms with Crippen molar-refractivity contribution in [3.63, 3.8) is 0 Å². The third-order valence-electron chi connectivity index (χ3n) is 6.52. The Labute approximate surface area is 201 Å². The molecule has 3 N–H and O–H groups in total. The zero-order valence-electron chi connectivity index (χ0n) is 20.6. The van der Waals surface area contributed by atoms with Crippen LogP contribution in [0.25, 0.3) is 0 Å². The largest absolute Gasteiger partial charge is 0.444 e. The predicted octanol–water partition coefficient (Wildman–Crippen LogP) is 1.94. The Balaban J connectivity index is 1.81. The van der Waals surface area contributed by atoms with Crippen LogP contribution in [0.15, 0.2) is 12.2 Å². The molecule has 0 aromatic rings. The highest BCUT2D eigenvalue weighted by Gasteiger charge is 2.61. The van der Waals surface area contributed by atoms with Crippen LogP contribution in [0, 0.1) is 5.92 Å². The summed E-state index contributed by atoms with van der Waals surface area (Å²) in [6, 6.07) is -1.47. The van der Waals surface area contributed by atoms with E-state index in [0.717, 1.165) is 25.7 Å². The van der Waals surface area contributed by atoms with Gasteiger partial charge in [0.25, 0.3) is 5.91 Å². The number of ether oxygens (including phenoxy) is 1. The Hall–Kier alpha value is -2.62. The van der Waals surface area contributed by atoms with Gasteiger partial charge in [-0.1, -0.05) is 25.0 Å². The summed E-state index contributed by atoms with van der Waals surface area (Å²) in [7, 11) is 1.35. The summed E-state index contributed by atoms with van der Waals surface area (Å²) in [4.78, 5) is 58.3. The lowest BCUT2D eigenvalue weighted by atomic mass is 10.0. The van der Waals surface area contributed by atoms with Gasteiger partial charge in [-0.05, 0) is 59.3 Å². The lowest BCUT2D eigenvalue weighted by Gasteiger charge is -2.30. The third kappa shape index (κ3) is 6.28. The predicted molar refractivity (Wildman–Crippen MR) is 124 cm³/mol. The van der Waals surface area contributed by atoms with Crippen molar-refractivity contribution in [1.29, 1.82) is 0 Å². The van der Waals surface area contributed by atoms with Crippen LogP contribution >= 0.6 is 0 Å². The summed E-state index contributed by atoms with van der Waals surface area (Å²) in [6.07, 6.45) is 8.90. The van der Waals surface area contributed by atoms with E-state index in [2.05, 4.69) is 16.1 Å². The highest BCUT2D eigenvalue weighted by atomic mass is 16.6. The molecule has 0 spiro atoms. The molecule has 190 valence electrons. The number of hydroxylamine groups is 1. The number of carbonyl (C=O) groups is 4. The molecule has 0 aromatic heterocycles. The average Bonchev–Trinajstić information content (AvgIpc) is 3.21. The number of alkyl carbamates (subject to hydrolysis) is 1. The first-order chi connectivity index (χ1) is 16.1. The van der Waals surface area contributed by atoms with Crippen molar-refractivity contribution < 1.29 is 28.8 Å². The van der Waals surface area contributed by atoms with Crippen molar-refractivity contribution in [3.8, 4) is 0 Å². The summed E-state index contributed by atoms with van der Waals surface area (Å²) in [5.74, 6) is -1.18. The van der Waals surface area contributed by atoms with Crippen LogP contribution in [0.1, 0.15) is 72.1 Å². The Morgan fingerprint density at radius 3 is 2.62 bits per heavy atom. The number of rotatable bonds is 3. The number of hydrogen-bond acceptors (Lipinski definition) is 6. The summed E-state index contributed by atoms with van der Waals surface area (Å²) in [6.45, 7) is 5.71. The number of amides is 4. The highest BCUT2D eigenvalue weighted by Crippen LogP contribution is 2.45. The molecule has 1 saturated heterocycles. The van der Waals surface area contributed by atoms with Crippen LogP contribution in [0.4, 0.5) is 4.79 Å². The van der Waals surface area contributed by atoms with Gasteiger partial charge < -0.3 is 20.3 Å². The van der Waals surface area contributed by atoms with Crippen LogP contribution in [0.2, 0.25) is 0 Å². The standard InChI is InChI=1S/C24H38N4O6/c1-23(2,3)34-22(32)25-17-12-9-7-5-6-8-11-16-15-24(16,21(31)27-33-4)26-19(29)18-13-10-14-28(18)20(17)30/h8,11,16-18H,5-7,9-10,12-15H2,1-4H3,(H,25,32)(H,26,29)(H,27,31). The summed E-state index contributed by atoms with van der Waals surface area (Å²) in [5.41, 5.74) is 0.587. The second-order valence-corrected chi connectivity index (χ2v) is 10.4. The normalized spacial score (nSPS) is 30.2. The van der Waals surface area contributed by atoms with Gasteiger partial charge >= 0.3 is 6.09 Å². The van der Waals surface area contributed by atoms with Gasteiger partial charge in [-0.25, -0.2) is 10.3 Å². The Bertz CT molecular complexity index is 823. The Kier molecular flexibility index (Phi) is 8.22. The van der Waals surface area contributed by atoms with Crippen molar-refractivity contribution in [2.75, 3.05) is 13.7 Å². The number of fused-ring (bicyclic) bond motifs is 2. The third-order valence-corrected chi connectivity index (χ3v) is 6.52. The van der Waals surface area contributed by atoms with Gasteiger partial charge in [0.15, 0.2) is 0 Å². The fraction of sp³-hybridized carbons (Fsp3) is 0.750. The van der Waals surface area contributed by atoms with E-state index in [0.29, 0.717) is 32.2 Å². The minimum Gasteiger partial charge on any atom is -0.444 e. The van der Waals surface area contributed by atoms with Gasteiger partial charge in [-0.3, -0.25) is 19.2 Å². The average molecular weight is 479 g/mol. The molecule has 0 bridgehead atoms. The second kappa shape index (κ2) is 10.8. The van der Waals surface area contributed by atoms with Crippen LogP contribution in [0.5, 0.6) is 0 Å². The van der Waals surface area contributed by atoms with E-state index >= 15 is 0 Å². The number of allylic oxidation sites excluding steroid dienone is 1. The topological polar surface area (TPSA) is 126 Å². The van der Waals surface area contributed by atoms with E-state index in [9.17, 15) is 19.2 Å². The molecule has 3 aliphatic rings. The zero-order chi connectivity index (χ0) is 24.9. The minimum atomic E-state index is -1.07. The number of carbonyl (C=O) groups excluding carboxylic acids is 4. The van der Waals surface area contributed by atoms with Gasteiger partial charge in [0.1, 0.15) is 23.2 Å². The molecule has 2 heterocycles. The van der Waals surface area contributed by atoms with E-state index in [1.165, 1.54) is 12.0 Å². The maximum Gasteiger partial charge on any atom is 0.408 e. The number of nitrogens with zero attached hydrogens (tertiary/aromatic N) is 1. The van der Waals surface area contributed by atoms with Crippen LogP contribution in [0.3, 0.4) is 0 Å². The van der Waals surface area contributed by atoms with Crippen LogP contribution < -0.4 is 16.1 Å². The fourth-order valence-electron chi connectivity index (χ4n) is 4.73. The maximum atomic E-state index is 13.5. The van der Waals surface area contributed by atoms with Gasteiger partial charge in [0, 0.05) is 12.5 Å². The highest BCUT2D eigenvalue weighted by molar-refractivity contribution is 5.98. The molecule has 0 aromatic carbocycles. The first-order valence-corrected chi connectivity index (χ1v) is 12.2. The van der Waals surface area contributed by atoms with Crippen LogP contribution in [-0.4, -0.2) is 65.6 Å². The van der Waals surface area contributed by atoms with E-state index in [-0.39, 0.29) is 17.7 Å². The molecule has 3 rings (SSSR count). The van der Waals surface area contributed by atoms with E-state index in [1.807, 2.05) is 12.2 Å². The molecule has 10 nitrogen and oxygen atoms in total. The fourth-order valence-corrected chi connectivity index (χ4v) is 4.73. The van der Waals surface area contributed by atoms with Crippen LogP contribution in [-0.2, 0) is 24.0 Å². The molecule has 2 aliphatic heterocycles. The van der Waals surface area contributed by atoms with E-state index < -0.39 is 35.2 Å². The molecular formula is C24H38N4O6. The monoisotopic (exact) mass is 478 g/mol. The molecule has 2 fully saturated rings. The number of hydrogen-bond donors (Lipinski definition) is 3. The summed E-state index contributed by atoms with van der Waals surface area (Å²) >= 11 is 0. The lowest BCUT2D eigenvalue weighted by Crippen LogP contribution is -2.57. The Morgan fingerprint density at radius 2 is 1.91 bits per heavy atom. The zero-order valence-corrected chi connectivity index (χ0v) is 20.6. The molecular weight excluding hydrogens is 440 g/mol. The smallest absolute Gasteiger partial charge is 0.408 e. The van der Waals surface area contributed by atoms with Gasteiger partial charge in [0.2, 0.25) is 11.8 Å². The molecule has 0 radical (unpaired) electrons. The Morgan fingerprint density at radius 1 is 1.15 bits per heavy atom. The quantitative estimate of drug-likeness (QED) is 0.420. The maximum absolute atomic E-state index is 13.5. The van der Waals surface area contributed by atoms with Crippen molar-refractivity contribution >= 4 is 23.8 Å². The second-order valence-electron chi connectivity index (χ2n) is 10.4. The molecule has 4 unspecified atom stereocenters. The van der Waals surface area contributed by atoms with Crippen molar-refractivity contribution in [2.45, 2.75) is 95.4 Å². The van der Waals surface area contributed by atoms with Gasteiger partial charge in [-0.2, -0.15) is 0 Å². The SMILES string of the molecule is CONC(=O)C12CC1C=CCCCCCC(NC(=O)OC(C)(C)C)C(=O)N1CCCC1C(=O)N2. The van der Waals surface area contributed by atoms with Crippen molar-refractivity contribution in [2.24, 2.45) is 5.92 Å². The molecule has 1 aliphatic carbocycles. The summed E-state index contributed by atoms with van der Waals surface area (Å²) in [5, 5.41) is 5.64. The summed E-state index contributed by atoms with van der Waals surface area (Å²) < 4.78 is 5.36. The molecule has 10 heteroatoms. The molecule has 34 heavy (non-hydrogen) atoms. The molecule has 4 amide bonds. The minimum absolute atomic E-state index is 0.121. The molecule has 1 saturated carbocycles. The van der Waals surface area contributed by atoms with Crippen molar-refractivity contribution in [1.82, 2.24) is 21.0 Å². The van der Waals surface area contributed by atoms with E-state index in [1.54, 1.807) is 20.8 Å². The molecule has 4 atom stereocenters. The lowest BCUT2D eigenvalue weighted by molar-refractivity contribution is -0.142. The first-order valence-electron chi connectivity index (χ1n) is 12.2. The van der Waals surface area contributed by atoms with E-state index in [4.69, 9.17) is 9.57 Å². The number of nitrogens with one attached hydrogen (secondary N) is 3.